The summed E-state index contributed by atoms with van der Waals surface area (Å²) < 4.78 is 0. The van der Waals surface area contributed by atoms with Crippen molar-refractivity contribution >= 4 is 51.5 Å². The molecule has 1 heterocycles. The van der Waals surface area contributed by atoms with Gasteiger partial charge in [-0.3, -0.25) is 24.5 Å². The van der Waals surface area contributed by atoms with Crippen molar-refractivity contribution in [3.63, 3.8) is 0 Å². The molecule has 28 heavy (non-hydrogen) atoms. The lowest BCUT2D eigenvalue weighted by atomic mass is 10.1. The number of benzene rings is 2. The summed E-state index contributed by atoms with van der Waals surface area (Å²) in [4.78, 5) is 47.9. The highest BCUT2D eigenvalue weighted by atomic mass is 32.2. The van der Waals surface area contributed by atoms with Crippen molar-refractivity contribution in [1.29, 1.82) is 0 Å². The minimum Gasteiger partial charge on any atom is -0.326 e. The van der Waals surface area contributed by atoms with E-state index in [0.29, 0.717) is 22.5 Å². The molecule has 0 atom stereocenters. The summed E-state index contributed by atoms with van der Waals surface area (Å²) in [6.07, 6.45) is 0. The Bertz CT molecular complexity index is 1010. The van der Waals surface area contributed by atoms with Crippen LogP contribution in [0.4, 0.5) is 21.9 Å². The highest BCUT2D eigenvalue weighted by Gasteiger charge is 2.37. The Hall–Kier alpha value is -3.46. The second-order valence-electron chi connectivity index (χ2n) is 5.99. The van der Waals surface area contributed by atoms with Crippen molar-refractivity contribution in [2.75, 3.05) is 10.2 Å². The Kier molecular flexibility index (Phi) is 5.27. The molecule has 0 spiro atoms. The van der Waals surface area contributed by atoms with Crippen molar-refractivity contribution < 1.29 is 19.3 Å². The average molecular weight is 397 g/mol. The molecule has 8 nitrogen and oxygen atoms in total. The summed E-state index contributed by atoms with van der Waals surface area (Å²) in [5.74, 6) is -0.682. The summed E-state index contributed by atoms with van der Waals surface area (Å²) in [7, 11) is 0. The molecule has 0 aromatic heterocycles. The molecular weight excluding hydrogens is 382 g/mol. The van der Waals surface area contributed by atoms with Gasteiger partial charge in [0.25, 0.3) is 16.8 Å². The number of thioether (sulfide) groups is 1. The predicted molar refractivity (Wildman–Crippen MR) is 107 cm³/mol. The van der Waals surface area contributed by atoms with E-state index in [9.17, 15) is 24.5 Å². The van der Waals surface area contributed by atoms with Gasteiger partial charge in [0.05, 0.1) is 15.5 Å². The van der Waals surface area contributed by atoms with E-state index in [1.165, 1.54) is 19.1 Å². The van der Waals surface area contributed by atoms with E-state index in [-0.39, 0.29) is 16.5 Å². The van der Waals surface area contributed by atoms with Crippen molar-refractivity contribution in [3.05, 3.63) is 69.1 Å². The third-order valence-electron chi connectivity index (χ3n) is 4.07. The van der Waals surface area contributed by atoms with Crippen LogP contribution in [0.5, 0.6) is 0 Å². The molecule has 2 aromatic rings. The summed E-state index contributed by atoms with van der Waals surface area (Å²) in [5, 5.41) is 13.0. The summed E-state index contributed by atoms with van der Waals surface area (Å²) >= 11 is 0.818. The molecule has 1 aliphatic heterocycles. The zero-order chi connectivity index (χ0) is 20.4. The van der Waals surface area contributed by atoms with E-state index in [1.54, 1.807) is 43.3 Å². The van der Waals surface area contributed by atoms with Crippen LogP contribution < -0.4 is 10.2 Å². The second-order valence-corrected chi connectivity index (χ2v) is 6.96. The number of non-ortho nitro benzene ring substituents is 1. The van der Waals surface area contributed by atoms with Crippen LogP contribution in [-0.2, 0) is 9.59 Å². The number of carbonyl (C=O) groups is 3. The average Bonchev–Trinajstić information content (AvgIpc) is 2.96. The maximum atomic E-state index is 12.8. The fourth-order valence-corrected chi connectivity index (χ4v) is 3.59. The Balaban J connectivity index is 1.89. The minimum atomic E-state index is -0.502. The zero-order valence-electron chi connectivity index (χ0n) is 15.0. The lowest BCUT2D eigenvalue weighted by molar-refractivity contribution is -0.384. The molecule has 142 valence electrons. The second kappa shape index (κ2) is 7.65. The van der Waals surface area contributed by atoms with Crippen molar-refractivity contribution in [3.8, 4) is 0 Å². The van der Waals surface area contributed by atoms with Crippen LogP contribution in [0.2, 0.25) is 0 Å². The molecule has 1 N–H and O–H groups in total. The summed E-state index contributed by atoms with van der Waals surface area (Å²) in [5.41, 5.74) is 2.08. The van der Waals surface area contributed by atoms with Crippen LogP contribution in [0.3, 0.4) is 0 Å². The van der Waals surface area contributed by atoms with Crippen LogP contribution in [-0.4, -0.2) is 22.0 Å². The number of nitrogens with one attached hydrogen (secondary N) is 1. The number of carbonyl (C=O) groups excluding carboxylic acids is 3. The maximum Gasteiger partial charge on any atom is 0.298 e. The van der Waals surface area contributed by atoms with Gasteiger partial charge in [0.1, 0.15) is 0 Å². The number of anilines is 2. The van der Waals surface area contributed by atoms with Gasteiger partial charge in [-0.05, 0) is 66.2 Å². The Labute approximate surface area is 164 Å². The molecule has 2 aromatic carbocycles. The third kappa shape index (κ3) is 3.79. The number of nitrogens with zero attached hydrogens (tertiary/aromatic N) is 2. The van der Waals surface area contributed by atoms with Crippen molar-refractivity contribution in [1.82, 2.24) is 0 Å². The first-order valence-corrected chi connectivity index (χ1v) is 8.99. The molecule has 1 saturated heterocycles. The monoisotopic (exact) mass is 397 g/mol. The van der Waals surface area contributed by atoms with E-state index >= 15 is 0 Å². The molecule has 1 fully saturated rings. The quantitative estimate of drug-likeness (QED) is 0.471. The first kappa shape index (κ1) is 19.3. The standard InChI is InChI=1S/C19H15N3O5S/c1-11(13-3-7-16(8-4-13)22(26)27)17-18(24)21(19(25)28-17)15-9-5-14(6-10-15)20-12(2)23/h3-10H,1-2H3,(H,20,23)/b17-11-. The van der Waals surface area contributed by atoms with E-state index in [0.717, 1.165) is 16.7 Å². The summed E-state index contributed by atoms with van der Waals surface area (Å²) in [6.45, 7) is 3.08. The number of rotatable bonds is 4. The van der Waals surface area contributed by atoms with Gasteiger partial charge >= 0.3 is 0 Å². The van der Waals surface area contributed by atoms with Gasteiger partial charge < -0.3 is 5.32 Å². The van der Waals surface area contributed by atoms with Crippen molar-refractivity contribution in [2.24, 2.45) is 0 Å². The lowest BCUT2D eigenvalue weighted by Gasteiger charge is -2.13. The molecular formula is C19H15N3O5S. The van der Waals surface area contributed by atoms with Gasteiger partial charge in [-0.15, -0.1) is 0 Å². The van der Waals surface area contributed by atoms with Crippen LogP contribution >= 0.6 is 11.8 Å². The third-order valence-corrected chi connectivity index (χ3v) is 5.11. The van der Waals surface area contributed by atoms with Gasteiger partial charge in [-0.2, -0.15) is 0 Å². The van der Waals surface area contributed by atoms with E-state index in [1.807, 2.05) is 0 Å². The first-order chi connectivity index (χ1) is 13.3. The van der Waals surface area contributed by atoms with Gasteiger partial charge in [0.15, 0.2) is 0 Å². The summed E-state index contributed by atoms with van der Waals surface area (Å²) in [6, 6.07) is 12.2. The van der Waals surface area contributed by atoms with Crippen LogP contribution in [0, 0.1) is 10.1 Å². The van der Waals surface area contributed by atoms with Crippen molar-refractivity contribution in [2.45, 2.75) is 13.8 Å². The molecule has 0 saturated carbocycles. The molecule has 9 heteroatoms. The molecule has 0 unspecified atom stereocenters. The highest BCUT2D eigenvalue weighted by molar-refractivity contribution is 8.19. The molecule has 0 bridgehead atoms. The Morgan fingerprint density at radius 1 is 1.04 bits per heavy atom. The smallest absolute Gasteiger partial charge is 0.298 e. The lowest BCUT2D eigenvalue weighted by Crippen LogP contribution is -2.27. The van der Waals surface area contributed by atoms with Gasteiger partial charge in [0.2, 0.25) is 5.91 Å². The molecule has 3 rings (SSSR count). The van der Waals surface area contributed by atoms with Gasteiger partial charge in [-0.25, -0.2) is 4.90 Å². The zero-order valence-corrected chi connectivity index (χ0v) is 15.8. The van der Waals surface area contributed by atoms with E-state index < -0.39 is 16.1 Å². The predicted octanol–water partition coefficient (Wildman–Crippen LogP) is 4.18. The van der Waals surface area contributed by atoms with Gasteiger partial charge in [0, 0.05) is 24.7 Å². The maximum absolute atomic E-state index is 12.8. The largest absolute Gasteiger partial charge is 0.326 e. The molecule has 3 amide bonds. The molecule has 0 radical (unpaired) electrons. The molecule has 1 aliphatic rings. The van der Waals surface area contributed by atoms with E-state index in [4.69, 9.17) is 0 Å². The van der Waals surface area contributed by atoms with Crippen LogP contribution in [0.25, 0.3) is 5.57 Å². The first-order valence-electron chi connectivity index (χ1n) is 8.17. The topological polar surface area (TPSA) is 110 Å². The number of hydrogen-bond acceptors (Lipinski definition) is 6. The number of imide groups is 1. The Morgan fingerprint density at radius 3 is 2.18 bits per heavy atom. The number of nitro groups is 1. The van der Waals surface area contributed by atoms with Crippen LogP contribution in [0.15, 0.2) is 53.4 Å². The highest BCUT2D eigenvalue weighted by Crippen LogP contribution is 2.39. The fourth-order valence-electron chi connectivity index (χ4n) is 2.68. The number of allylic oxidation sites excluding steroid dienone is 1. The minimum absolute atomic E-state index is 0.0519. The number of hydrogen-bond donors (Lipinski definition) is 1. The van der Waals surface area contributed by atoms with Gasteiger partial charge in [-0.1, -0.05) is 0 Å². The fraction of sp³-hybridized carbons (Fsp3) is 0.105. The van der Waals surface area contributed by atoms with E-state index in [2.05, 4.69) is 5.32 Å². The Morgan fingerprint density at radius 2 is 1.64 bits per heavy atom. The SMILES string of the molecule is CC(=O)Nc1ccc(N2C(=O)S/C(=C(/C)c3ccc([N+](=O)[O-])cc3)C2=O)cc1. The normalized spacial score (nSPS) is 15.6. The number of nitro benzene ring substituents is 1. The molecule has 0 aliphatic carbocycles. The van der Waals surface area contributed by atoms with Crippen LogP contribution in [0.1, 0.15) is 19.4 Å². The number of amides is 3.